The zero-order chi connectivity index (χ0) is 10.8. The van der Waals surface area contributed by atoms with E-state index in [1.165, 1.54) is 0 Å². The van der Waals surface area contributed by atoms with E-state index in [9.17, 15) is 13.6 Å². The Morgan fingerprint density at radius 3 is 2.33 bits per heavy atom. The molecule has 1 aliphatic carbocycles. The van der Waals surface area contributed by atoms with Gasteiger partial charge in [-0.2, -0.15) is 0 Å². The first kappa shape index (κ1) is 14.6. The average Bonchev–Trinajstić information content (AvgIpc) is 2.08. The van der Waals surface area contributed by atoms with Gasteiger partial charge >= 0.3 is 5.97 Å². The monoisotopic (exact) mass is 243 g/mol. The number of rotatable bonds is 3. The highest BCUT2D eigenvalue weighted by Gasteiger charge is 2.35. The Bertz CT molecular complexity index is 216. The molecular weight excluding hydrogens is 228 g/mol. The minimum atomic E-state index is -2.55. The van der Waals surface area contributed by atoms with Gasteiger partial charge in [0.2, 0.25) is 5.92 Å². The van der Waals surface area contributed by atoms with Crippen molar-refractivity contribution in [2.24, 2.45) is 11.7 Å². The van der Waals surface area contributed by atoms with Crippen molar-refractivity contribution in [3.63, 3.8) is 0 Å². The van der Waals surface area contributed by atoms with E-state index >= 15 is 0 Å². The Balaban J connectivity index is 0.00000196. The minimum Gasteiger partial charge on any atom is -0.480 e. The zero-order valence-electron chi connectivity index (χ0n) is 8.29. The quantitative estimate of drug-likeness (QED) is 0.797. The number of hydrogen-bond acceptors (Lipinski definition) is 2. The summed E-state index contributed by atoms with van der Waals surface area (Å²) in [7, 11) is 0. The molecule has 1 aliphatic rings. The van der Waals surface area contributed by atoms with Gasteiger partial charge in [-0.05, 0) is 25.2 Å². The minimum absolute atomic E-state index is 0. The van der Waals surface area contributed by atoms with E-state index in [0.29, 0.717) is 19.3 Å². The van der Waals surface area contributed by atoms with Crippen LogP contribution in [0.1, 0.15) is 32.1 Å². The van der Waals surface area contributed by atoms with Crippen LogP contribution in [0.3, 0.4) is 0 Å². The first-order valence-corrected chi connectivity index (χ1v) is 4.77. The number of alkyl halides is 2. The molecule has 90 valence electrons. The SMILES string of the molecule is Cl.NC(CC1CCC(F)(F)CC1)C(=O)O. The Kier molecular flexibility index (Phi) is 5.45. The van der Waals surface area contributed by atoms with Crippen LogP contribution < -0.4 is 5.73 Å². The Hall–Kier alpha value is -0.420. The molecule has 1 saturated carbocycles. The maximum Gasteiger partial charge on any atom is 0.320 e. The number of halogens is 3. The maximum absolute atomic E-state index is 12.7. The normalized spacial score (nSPS) is 22.9. The first-order valence-electron chi connectivity index (χ1n) is 4.77. The molecule has 3 N–H and O–H groups in total. The molecule has 6 heteroatoms. The van der Waals surface area contributed by atoms with Gasteiger partial charge in [0.1, 0.15) is 6.04 Å². The van der Waals surface area contributed by atoms with E-state index in [-0.39, 0.29) is 31.2 Å². The molecule has 0 amide bonds. The van der Waals surface area contributed by atoms with Crippen molar-refractivity contribution in [3.8, 4) is 0 Å². The molecule has 0 heterocycles. The van der Waals surface area contributed by atoms with Crippen LogP contribution >= 0.6 is 12.4 Å². The summed E-state index contributed by atoms with van der Waals surface area (Å²) in [6.07, 6.45) is 0.807. The molecule has 0 aliphatic heterocycles. The lowest BCUT2D eigenvalue weighted by Gasteiger charge is -2.28. The van der Waals surface area contributed by atoms with E-state index in [1.807, 2.05) is 0 Å². The van der Waals surface area contributed by atoms with Crippen LogP contribution in [0.25, 0.3) is 0 Å². The third-order valence-corrected chi connectivity index (χ3v) is 2.74. The van der Waals surface area contributed by atoms with E-state index in [2.05, 4.69) is 0 Å². The summed E-state index contributed by atoms with van der Waals surface area (Å²) >= 11 is 0. The van der Waals surface area contributed by atoms with Gasteiger partial charge < -0.3 is 10.8 Å². The third kappa shape index (κ3) is 4.75. The number of carboxylic acid groups (broad SMARTS) is 1. The highest BCUT2D eigenvalue weighted by atomic mass is 35.5. The number of nitrogens with two attached hydrogens (primary N) is 1. The fourth-order valence-corrected chi connectivity index (χ4v) is 1.80. The van der Waals surface area contributed by atoms with Crippen LogP contribution in [0, 0.1) is 5.92 Å². The Labute approximate surface area is 93.4 Å². The predicted octanol–water partition coefficient (Wildman–Crippen LogP) is 2.04. The number of carboxylic acids is 1. The first-order chi connectivity index (χ1) is 6.41. The van der Waals surface area contributed by atoms with E-state index < -0.39 is 17.9 Å². The molecule has 0 spiro atoms. The van der Waals surface area contributed by atoms with Crippen LogP contribution in [-0.4, -0.2) is 23.0 Å². The van der Waals surface area contributed by atoms with Gasteiger partial charge in [0.15, 0.2) is 0 Å². The van der Waals surface area contributed by atoms with Crippen LogP contribution in [0.2, 0.25) is 0 Å². The molecule has 0 aromatic rings. The molecule has 3 nitrogen and oxygen atoms in total. The second kappa shape index (κ2) is 5.61. The highest BCUT2D eigenvalue weighted by molar-refractivity contribution is 5.85. The van der Waals surface area contributed by atoms with E-state index in [0.717, 1.165) is 0 Å². The summed E-state index contributed by atoms with van der Waals surface area (Å²) < 4.78 is 25.5. The molecule has 15 heavy (non-hydrogen) atoms. The Morgan fingerprint density at radius 1 is 1.47 bits per heavy atom. The third-order valence-electron chi connectivity index (χ3n) is 2.74. The zero-order valence-corrected chi connectivity index (χ0v) is 9.10. The van der Waals surface area contributed by atoms with E-state index in [1.54, 1.807) is 0 Å². The van der Waals surface area contributed by atoms with Crippen molar-refractivity contribution in [1.29, 1.82) is 0 Å². The molecule has 1 atom stereocenters. The van der Waals surface area contributed by atoms with Gasteiger partial charge in [-0.15, -0.1) is 12.4 Å². The van der Waals surface area contributed by atoms with Gasteiger partial charge in [-0.3, -0.25) is 4.79 Å². The lowest BCUT2D eigenvalue weighted by molar-refractivity contribution is -0.139. The smallest absolute Gasteiger partial charge is 0.320 e. The fraction of sp³-hybridized carbons (Fsp3) is 0.889. The number of hydrogen-bond donors (Lipinski definition) is 2. The van der Waals surface area contributed by atoms with Crippen LogP contribution in [0.4, 0.5) is 8.78 Å². The van der Waals surface area contributed by atoms with Gasteiger partial charge in [0, 0.05) is 12.8 Å². The number of carbonyl (C=O) groups is 1. The summed E-state index contributed by atoms with van der Waals surface area (Å²) in [5.41, 5.74) is 5.33. The fourth-order valence-electron chi connectivity index (χ4n) is 1.80. The Morgan fingerprint density at radius 2 is 1.93 bits per heavy atom. The van der Waals surface area contributed by atoms with Crippen molar-refractivity contribution in [2.45, 2.75) is 44.1 Å². The van der Waals surface area contributed by atoms with Crippen molar-refractivity contribution in [3.05, 3.63) is 0 Å². The van der Waals surface area contributed by atoms with Crippen LogP contribution in [-0.2, 0) is 4.79 Å². The lowest BCUT2D eigenvalue weighted by atomic mass is 9.83. The van der Waals surface area contributed by atoms with Gasteiger partial charge in [-0.1, -0.05) is 0 Å². The summed E-state index contributed by atoms with van der Waals surface area (Å²) in [6, 6.07) is -0.910. The highest BCUT2D eigenvalue weighted by Crippen LogP contribution is 2.37. The molecule has 1 unspecified atom stereocenters. The maximum atomic E-state index is 12.7. The summed E-state index contributed by atoms with van der Waals surface area (Å²) in [6.45, 7) is 0. The average molecular weight is 244 g/mol. The van der Waals surface area contributed by atoms with Crippen molar-refractivity contribution in [2.75, 3.05) is 0 Å². The van der Waals surface area contributed by atoms with Crippen molar-refractivity contribution >= 4 is 18.4 Å². The molecule has 0 aromatic carbocycles. The lowest BCUT2D eigenvalue weighted by Crippen LogP contribution is -2.34. The second-order valence-corrected chi connectivity index (χ2v) is 3.98. The summed E-state index contributed by atoms with van der Waals surface area (Å²) in [5, 5.41) is 8.54. The molecular formula is C9H16ClF2NO2. The topological polar surface area (TPSA) is 63.3 Å². The predicted molar refractivity (Wildman–Crippen MR) is 54.4 cm³/mol. The van der Waals surface area contributed by atoms with E-state index in [4.69, 9.17) is 10.8 Å². The summed E-state index contributed by atoms with van der Waals surface area (Å²) in [4.78, 5) is 10.4. The number of aliphatic carboxylic acids is 1. The molecule has 0 saturated heterocycles. The van der Waals surface area contributed by atoms with Crippen LogP contribution in [0.15, 0.2) is 0 Å². The largest absolute Gasteiger partial charge is 0.480 e. The standard InChI is InChI=1S/C9H15F2NO2.ClH/c10-9(11)3-1-6(2-4-9)5-7(12)8(13)14;/h6-7H,1-5,12H2,(H,13,14);1H. The molecule has 1 rings (SSSR count). The molecule has 0 bridgehead atoms. The molecule has 0 aromatic heterocycles. The molecule has 1 fully saturated rings. The van der Waals surface area contributed by atoms with Gasteiger partial charge in [0.05, 0.1) is 0 Å². The van der Waals surface area contributed by atoms with Crippen molar-refractivity contribution < 1.29 is 18.7 Å². The van der Waals surface area contributed by atoms with Gasteiger partial charge in [0.25, 0.3) is 0 Å². The van der Waals surface area contributed by atoms with Crippen LogP contribution in [0.5, 0.6) is 0 Å². The summed E-state index contributed by atoms with van der Waals surface area (Å²) in [5.74, 6) is -3.56. The second-order valence-electron chi connectivity index (χ2n) is 3.98. The van der Waals surface area contributed by atoms with Gasteiger partial charge in [-0.25, -0.2) is 8.78 Å². The van der Waals surface area contributed by atoms with Crippen molar-refractivity contribution in [1.82, 2.24) is 0 Å². The molecule has 0 radical (unpaired) electrons.